The number of thiazole rings is 1. The van der Waals surface area contributed by atoms with E-state index >= 15 is 0 Å². The number of carbonyl (C=O) groups is 1. The lowest BCUT2D eigenvalue weighted by molar-refractivity contribution is -0.120. The first kappa shape index (κ1) is 22.7. The highest BCUT2D eigenvalue weighted by molar-refractivity contribution is 7.91. The van der Waals surface area contributed by atoms with E-state index in [1.54, 1.807) is 37.8 Å². The molecule has 170 valence electrons. The minimum atomic E-state index is -3.57. The Kier molecular flexibility index (Phi) is 6.79. The summed E-state index contributed by atoms with van der Waals surface area (Å²) in [6.07, 6.45) is 1.27. The molecule has 2 aromatic heterocycles. The Bertz CT molecular complexity index is 1190. The van der Waals surface area contributed by atoms with Crippen LogP contribution in [0.5, 0.6) is 11.5 Å². The van der Waals surface area contributed by atoms with Crippen LogP contribution in [0.2, 0.25) is 0 Å². The third-order valence-corrected chi connectivity index (χ3v) is 9.26. The number of hydrogen-bond donors (Lipinski definition) is 1. The second-order valence-corrected chi connectivity index (χ2v) is 11.2. The van der Waals surface area contributed by atoms with Gasteiger partial charge in [0.1, 0.15) is 15.7 Å². The summed E-state index contributed by atoms with van der Waals surface area (Å²) >= 11 is 2.50. The fraction of sp³-hybridized carbons (Fsp3) is 0.333. The molecule has 1 atom stereocenters. The largest absolute Gasteiger partial charge is 0.497 e. The molecule has 1 saturated heterocycles. The topological polar surface area (TPSA) is 97.8 Å². The highest BCUT2D eigenvalue weighted by Crippen LogP contribution is 2.35. The van der Waals surface area contributed by atoms with Gasteiger partial charge in [-0.2, -0.15) is 4.31 Å². The third-order valence-electron chi connectivity index (χ3n) is 5.26. The van der Waals surface area contributed by atoms with Crippen molar-refractivity contribution in [2.24, 2.45) is 5.92 Å². The van der Waals surface area contributed by atoms with Crippen molar-refractivity contribution in [3.63, 3.8) is 0 Å². The number of nitrogens with one attached hydrogen (secondary N) is 1. The number of hydrogen-bond acceptors (Lipinski definition) is 8. The minimum Gasteiger partial charge on any atom is -0.497 e. The van der Waals surface area contributed by atoms with Crippen molar-refractivity contribution in [2.75, 3.05) is 32.6 Å². The smallest absolute Gasteiger partial charge is 0.252 e. The number of methoxy groups -OCH3 is 2. The molecule has 0 radical (unpaired) electrons. The molecule has 1 fully saturated rings. The van der Waals surface area contributed by atoms with Crippen LogP contribution in [0.3, 0.4) is 0 Å². The van der Waals surface area contributed by atoms with Crippen LogP contribution in [0.4, 0.5) is 5.13 Å². The molecule has 11 heteroatoms. The fourth-order valence-electron chi connectivity index (χ4n) is 3.58. The molecule has 0 aliphatic carbocycles. The van der Waals surface area contributed by atoms with Crippen molar-refractivity contribution in [3.05, 3.63) is 41.1 Å². The Morgan fingerprint density at radius 2 is 2.06 bits per heavy atom. The van der Waals surface area contributed by atoms with Gasteiger partial charge in [-0.05, 0) is 36.4 Å². The second kappa shape index (κ2) is 9.57. The SMILES string of the molecule is COc1ccc(-c2csc(NC(=O)C3CCCN(S(=O)(=O)c4cccs4)C3)n2)c(OC)c1. The van der Waals surface area contributed by atoms with Crippen molar-refractivity contribution < 1.29 is 22.7 Å². The molecule has 1 unspecified atom stereocenters. The van der Waals surface area contributed by atoms with Crippen LogP contribution >= 0.6 is 22.7 Å². The van der Waals surface area contributed by atoms with Crippen LogP contribution < -0.4 is 14.8 Å². The van der Waals surface area contributed by atoms with Gasteiger partial charge < -0.3 is 14.8 Å². The minimum absolute atomic E-state index is 0.163. The molecule has 1 aliphatic heterocycles. The Hall–Kier alpha value is -2.47. The predicted octanol–water partition coefficient (Wildman–Crippen LogP) is 3.93. The Balaban J connectivity index is 1.45. The zero-order valence-corrected chi connectivity index (χ0v) is 20.1. The summed E-state index contributed by atoms with van der Waals surface area (Å²) in [4.78, 5) is 17.4. The average Bonchev–Trinajstić information content (AvgIpc) is 3.51. The summed E-state index contributed by atoms with van der Waals surface area (Å²) < 4.78 is 38.0. The van der Waals surface area contributed by atoms with Gasteiger partial charge in [-0.25, -0.2) is 13.4 Å². The lowest BCUT2D eigenvalue weighted by Gasteiger charge is -2.30. The Morgan fingerprint density at radius 3 is 2.78 bits per heavy atom. The van der Waals surface area contributed by atoms with Gasteiger partial charge in [0.2, 0.25) is 5.91 Å². The summed E-state index contributed by atoms with van der Waals surface area (Å²) in [6.45, 7) is 0.583. The Morgan fingerprint density at radius 1 is 1.22 bits per heavy atom. The zero-order valence-electron chi connectivity index (χ0n) is 17.6. The van der Waals surface area contributed by atoms with E-state index < -0.39 is 15.9 Å². The molecule has 1 aliphatic rings. The average molecular weight is 494 g/mol. The molecular weight excluding hydrogens is 470 g/mol. The monoisotopic (exact) mass is 493 g/mol. The normalized spacial score (nSPS) is 17.1. The Labute approximate surface area is 194 Å². The number of ether oxygens (including phenoxy) is 2. The second-order valence-electron chi connectivity index (χ2n) is 7.23. The van der Waals surface area contributed by atoms with Gasteiger partial charge in [-0.3, -0.25) is 4.79 Å². The van der Waals surface area contributed by atoms with E-state index in [0.29, 0.717) is 45.9 Å². The molecule has 4 rings (SSSR count). The predicted molar refractivity (Wildman–Crippen MR) is 125 cm³/mol. The first-order valence-corrected chi connectivity index (χ1v) is 13.1. The molecule has 3 heterocycles. The van der Waals surface area contributed by atoms with E-state index in [-0.39, 0.29) is 12.5 Å². The number of thiophene rings is 1. The third kappa shape index (κ3) is 4.65. The van der Waals surface area contributed by atoms with Crippen molar-refractivity contribution in [3.8, 4) is 22.8 Å². The number of anilines is 1. The van der Waals surface area contributed by atoms with Gasteiger partial charge in [-0.1, -0.05) is 6.07 Å². The summed E-state index contributed by atoms with van der Waals surface area (Å²) in [5.74, 6) is 0.642. The van der Waals surface area contributed by atoms with Crippen LogP contribution in [0.1, 0.15) is 12.8 Å². The van der Waals surface area contributed by atoms with Crippen LogP contribution in [0, 0.1) is 5.92 Å². The van der Waals surface area contributed by atoms with Crippen LogP contribution in [0.15, 0.2) is 45.3 Å². The highest BCUT2D eigenvalue weighted by Gasteiger charge is 2.34. The molecular formula is C21H23N3O5S3. The lowest BCUT2D eigenvalue weighted by Crippen LogP contribution is -2.43. The summed E-state index contributed by atoms with van der Waals surface area (Å²) in [7, 11) is -0.407. The van der Waals surface area contributed by atoms with E-state index in [4.69, 9.17) is 9.47 Å². The van der Waals surface area contributed by atoms with Crippen molar-refractivity contribution in [2.45, 2.75) is 17.1 Å². The van der Waals surface area contributed by atoms with Crippen molar-refractivity contribution >= 4 is 43.7 Å². The number of piperidine rings is 1. The van der Waals surface area contributed by atoms with Gasteiger partial charge in [0.15, 0.2) is 5.13 Å². The molecule has 8 nitrogen and oxygen atoms in total. The molecule has 0 saturated carbocycles. The first-order valence-electron chi connectivity index (χ1n) is 9.95. The van der Waals surface area contributed by atoms with Crippen LogP contribution in [-0.4, -0.2) is 50.9 Å². The zero-order chi connectivity index (χ0) is 22.7. The maximum atomic E-state index is 12.9. The maximum absolute atomic E-state index is 12.9. The molecule has 32 heavy (non-hydrogen) atoms. The number of sulfonamides is 1. The van der Waals surface area contributed by atoms with E-state index in [0.717, 1.165) is 5.56 Å². The number of nitrogens with zero attached hydrogens (tertiary/aromatic N) is 2. The van der Waals surface area contributed by atoms with Gasteiger partial charge >= 0.3 is 0 Å². The number of aromatic nitrogens is 1. The van der Waals surface area contributed by atoms with Gasteiger partial charge in [0.05, 0.1) is 25.8 Å². The van der Waals surface area contributed by atoms with Gasteiger partial charge in [0.25, 0.3) is 10.0 Å². The molecule has 0 spiro atoms. The quantitative estimate of drug-likeness (QED) is 0.536. The summed E-state index contributed by atoms with van der Waals surface area (Å²) in [6, 6.07) is 8.75. The first-order chi connectivity index (χ1) is 15.4. The molecule has 1 amide bonds. The van der Waals surface area contributed by atoms with E-state index in [1.165, 1.54) is 27.0 Å². The van der Waals surface area contributed by atoms with Crippen LogP contribution in [-0.2, 0) is 14.8 Å². The molecule has 3 aromatic rings. The van der Waals surface area contributed by atoms with E-state index in [9.17, 15) is 13.2 Å². The lowest BCUT2D eigenvalue weighted by atomic mass is 9.99. The number of amides is 1. The van der Waals surface area contributed by atoms with E-state index in [2.05, 4.69) is 10.3 Å². The number of benzene rings is 1. The fourth-order valence-corrected chi connectivity index (χ4v) is 6.97. The molecule has 1 aromatic carbocycles. The van der Waals surface area contributed by atoms with Crippen molar-refractivity contribution in [1.29, 1.82) is 0 Å². The standard InChI is InChI=1S/C21H23N3O5S3/c1-28-15-7-8-16(18(11-15)29-2)17-13-31-21(22-17)23-20(25)14-5-3-9-24(12-14)32(26,27)19-6-4-10-30-19/h4,6-8,10-11,13-14H,3,5,9,12H2,1-2H3,(H,22,23,25). The van der Waals surface area contributed by atoms with Gasteiger partial charge in [-0.15, -0.1) is 22.7 Å². The number of carbonyl (C=O) groups excluding carboxylic acids is 1. The molecule has 0 bridgehead atoms. The van der Waals surface area contributed by atoms with E-state index in [1.807, 2.05) is 17.5 Å². The summed E-state index contributed by atoms with van der Waals surface area (Å²) in [5, 5.41) is 6.89. The molecule has 1 N–H and O–H groups in total. The van der Waals surface area contributed by atoms with Crippen LogP contribution in [0.25, 0.3) is 11.3 Å². The maximum Gasteiger partial charge on any atom is 0.252 e. The highest BCUT2D eigenvalue weighted by atomic mass is 32.2. The summed E-state index contributed by atoms with van der Waals surface area (Å²) in [5.41, 5.74) is 1.46. The van der Waals surface area contributed by atoms with Gasteiger partial charge in [0, 0.05) is 30.1 Å². The number of rotatable bonds is 7. The van der Waals surface area contributed by atoms with Crippen molar-refractivity contribution in [1.82, 2.24) is 9.29 Å².